The van der Waals surface area contributed by atoms with Gasteiger partial charge in [-0.05, 0) is 31.5 Å². The van der Waals surface area contributed by atoms with Crippen molar-refractivity contribution < 1.29 is 19.7 Å². The van der Waals surface area contributed by atoms with Crippen LogP contribution in [0.15, 0.2) is 24.3 Å². The third kappa shape index (κ3) is 2.35. The van der Waals surface area contributed by atoms with Crippen molar-refractivity contribution in [1.29, 1.82) is 0 Å². The Hall–Kier alpha value is -1.10. The molecule has 0 saturated carbocycles. The van der Waals surface area contributed by atoms with Crippen molar-refractivity contribution in [3.8, 4) is 5.75 Å². The van der Waals surface area contributed by atoms with Crippen molar-refractivity contribution >= 4 is 0 Å². The number of benzene rings is 1. The van der Waals surface area contributed by atoms with Crippen LogP contribution in [-0.4, -0.2) is 28.7 Å². The van der Waals surface area contributed by atoms with Gasteiger partial charge in [0.05, 0.1) is 6.61 Å². The van der Waals surface area contributed by atoms with Gasteiger partial charge in [0.1, 0.15) is 18.0 Å². The lowest BCUT2D eigenvalue weighted by atomic mass is 10.0. The topological polar surface area (TPSA) is 58.9 Å². The molecule has 2 N–H and O–H groups in total. The van der Waals surface area contributed by atoms with E-state index in [0.717, 1.165) is 0 Å². The molecule has 0 aliphatic carbocycles. The van der Waals surface area contributed by atoms with Gasteiger partial charge in [-0.15, -0.1) is 0 Å². The lowest BCUT2D eigenvalue weighted by molar-refractivity contribution is -0.151. The summed E-state index contributed by atoms with van der Waals surface area (Å²) in [6.45, 7) is 4.00. The molecule has 1 fully saturated rings. The molecule has 1 aliphatic heterocycles. The fourth-order valence-electron chi connectivity index (χ4n) is 1.76. The molecule has 0 amide bonds. The molecule has 1 unspecified atom stereocenters. The van der Waals surface area contributed by atoms with Crippen LogP contribution in [0.25, 0.3) is 0 Å². The molecule has 16 heavy (non-hydrogen) atoms. The second-order valence-corrected chi connectivity index (χ2v) is 4.40. The predicted octanol–water partition coefficient (Wildman–Crippen LogP) is 1.58. The fourth-order valence-corrected chi connectivity index (χ4v) is 1.76. The van der Waals surface area contributed by atoms with Crippen LogP contribution in [0.5, 0.6) is 5.75 Å². The third-order valence-electron chi connectivity index (χ3n) is 2.62. The summed E-state index contributed by atoms with van der Waals surface area (Å²) in [4.78, 5) is 0. The van der Waals surface area contributed by atoms with Gasteiger partial charge in [0.15, 0.2) is 5.79 Å². The highest BCUT2D eigenvalue weighted by molar-refractivity contribution is 5.27. The van der Waals surface area contributed by atoms with Gasteiger partial charge in [-0.3, -0.25) is 0 Å². The summed E-state index contributed by atoms with van der Waals surface area (Å²) in [6, 6.07) is 6.43. The van der Waals surface area contributed by atoms with Crippen LogP contribution >= 0.6 is 0 Å². The SMILES string of the molecule is CC1(C)OC[C@@H](C(O)c2ccc(O)cc2)O1. The molecule has 1 heterocycles. The van der Waals surface area contributed by atoms with E-state index in [0.29, 0.717) is 12.2 Å². The molecule has 1 aliphatic rings. The summed E-state index contributed by atoms with van der Waals surface area (Å²) in [5.74, 6) is -0.456. The van der Waals surface area contributed by atoms with Crippen molar-refractivity contribution in [1.82, 2.24) is 0 Å². The van der Waals surface area contributed by atoms with Crippen molar-refractivity contribution in [2.45, 2.75) is 31.8 Å². The summed E-state index contributed by atoms with van der Waals surface area (Å²) in [6.07, 6.45) is -1.10. The second kappa shape index (κ2) is 4.05. The minimum Gasteiger partial charge on any atom is -0.508 e. The second-order valence-electron chi connectivity index (χ2n) is 4.40. The minimum absolute atomic E-state index is 0.180. The van der Waals surface area contributed by atoms with E-state index in [1.807, 2.05) is 13.8 Å². The monoisotopic (exact) mass is 224 g/mol. The molecule has 0 aromatic heterocycles. The first kappa shape index (κ1) is 11.4. The Balaban J connectivity index is 2.08. The van der Waals surface area contributed by atoms with Crippen LogP contribution < -0.4 is 0 Å². The van der Waals surface area contributed by atoms with Crippen LogP contribution in [0, 0.1) is 0 Å². The van der Waals surface area contributed by atoms with Crippen LogP contribution in [0.3, 0.4) is 0 Å². The Morgan fingerprint density at radius 1 is 1.31 bits per heavy atom. The van der Waals surface area contributed by atoms with Gasteiger partial charge in [-0.25, -0.2) is 0 Å². The van der Waals surface area contributed by atoms with E-state index in [2.05, 4.69) is 0 Å². The number of hydrogen-bond acceptors (Lipinski definition) is 4. The average molecular weight is 224 g/mol. The number of aromatic hydroxyl groups is 1. The first-order valence-corrected chi connectivity index (χ1v) is 5.27. The number of aliphatic hydroxyl groups is 1. The summed E-state index contributed by atoms with van der Waals surface area (Å²) >= 11 is 0. The maximum absolute atomic E-state index is 10.1. The maximum atomic E-state index is 10.1. The van der Waals surface area contributed by atoms with Crippen LogP contribution in [-0.2, 0) is 9.47 Å². The lowest BCUT2D eigenvalue weighted by Crippen LogP contribution is -2.25. The smallest absolute Gasteiger partial charge is 0.163 e. The Morgan fingerprint density at radius 2 is 1.94 bits per heavy atom. The molecular weight excluding hydrogens is 208 g/mol. The van der Waals surface area contributed by atoms with Gasteiger partial charge in [-0.1, -0.05) is 12.1 Å². The molecular formula is C12H16O4. The first-order valence-electron chi connectivity index (χ1n) is 5.27. The number of ether oxygens (including phenoxy) is 2. The number of hydrogen-bond donors (Lipinski definition) is 2. The molecule has 1 aromatic carbocycles. The van der Waals surface area contributed by atoms with E-state index in [1.165, 1.54) is 0 Å². The number of phenolic OH excluding ortho intramolecular Hbond substituents is 1. The Bertz CT molecular complexity index is 358. The van der Waals surface area contributed by atoms with E-state index in [-0.39, 0.29) is 11.9 Å². The number of phenols is 1. The third-order valence-corrected chi connectivity index (χ3v) is 2.62. The van der Waals surface area contributed by atoms with Gasteiger partial charge >= 0.3 is 0 Å². The summed E-state index contributed by atoms with van der Waals surface area (Å²) in [7, 11) is 0. The molecule has 88 valence electrons. The number of rotatable bonds is 2. The zero-order chi connectivity index (χ0) is 11.8. The normalized spacial score (nSPS) is 25.6. The minimum atomic E-state index is -0.734. The van der Waals surface area contributed by atoms with E-state index >= 15 is 0 Å². The molecule has 0 radical (unpaired) electrons. The summed E-state index contributed by atoms with van der Waals surface area (Å²) in [5, 5.41) is 19.2. The van der Waals surface area contributed by atoms with Crippen LogP contribution in [0.4, 0.5) is 0 Å². The van der Waals surface area contributed by atoms with Gasteiger partial charge in [-0.2, -0.15) is 0 Å². The first-order chi connectivity index (χ1) is 7.48. The highest BCUT2D eigenvalue weighted by Crippen LogP contribution is 2.30. The molecule has 4 heteroatoms. The van der Waals surface area contributed by atoms with Gasteiger partial charge in [0.2, 0.25) is 0 Å². The van der Waals surface area contributed by atoms with Crippen molar-refractivity contribution in [3.63, 3.8) is 0 Å². The molecule has 0 spiro atoms. The molecule has 2 atom stereocenters. The highest BCUT2D eigenvalue weighted by atomic mass is 16.7. The van der Waals surface area contributed by atoms with Gasteiger partial charge < -0.3 is 19.7 Å². The fraction of sp³-hybridized carbons (Fsp3) is 0.500. The zero-order valence-corrected chi connectivity index (χ0v) is 9.38. The van der Waals surface area contributed by atoms with Crippen LogP contribution in [0.1, 0.15) is 25.5 Å². The van der Waals surface area contributed by atoms with E-state index in [9.17, 15) is 5.11 Å². The molecule has 0 bridgehead atoms. The van der Waals surface area contributed by atoms with Crippen molar-refractivity contribution in [2.75, 3.05) is 6.61 Å². The summed E-state index contributed by atoms with van der Waals surface area (Å²) in [5.41, 5.74) is 0.712. The molecule has 2 rings (SSSR count). The predicted molar refractivity (Wildman–Crippen MR) is 58.0 cm³/mol. The Labute approximate surface area is 94.4 Å². The van der Waals surface area contributed by atoms with Gasteiger partial charge in [0, 0.05) is 0 Å². The Morgan fingerprint density at radius 3 is 2.44 bits per heavy atom. The average Bonchev–Trinajstić information content (AvgIpc) is 2.59. The Kier molecular flexibility index (Phi) is 2.88. The lowest BCUT2D eigenvalue weighted by Gasteiger charge is -2.20. The van der Waals surface area contributed by atoms with Crippen molar-refractivity contribution in [2.24, 2.45) is 0 Å². The van der Waals surface area contributed by atoms with E-state index < -0.39 is 11.9 Å². The standard InChI is InChI=1S/C12H16O4/c1-12(2)15-7-10(16-12)11(14)8-3-5-9(13)6-4-8/h3-6,10-11,13-14H,7H2,1-2H3/t10-,11?/m0/s1. The molecule has 1 saturated heterocycles. The van der Waals surface area contributed by atoms with E-state index in [4.69, 9.17) is 14.6 Å². The molecule has 4 nitrogen and oxygen atoms in total. The number of aliphatic hydroxyl groups excluding tert-OH is 1. The van der Waals surface area contributed by atoms with Crippen molar-refractivity contribution in [3.05, 3.63) is 29.8 Å². The zero-order valence-electron chi connectivity index (χ0n) is 9.38. The molecule has 1 aromatic rings. The summed E-state index contributed by atoms with van der Waals surface area (Å²) < 4.78 is 10.9. The quantitative estimate of drug-likeness (QED) is 0.800. The largest absolute Gasteiger partial charge is 0.508 e. The highest BCUT2D eigenvalue weighted by Gasteiger charge is 2.37. The van der Waals surface area contributed by atoms with Crippen LogP contribution in [0.2, 0.25) is 0 Å². The maximum Gasteiger partial charge on any atom is 0.163 e. The van der Waals surface area contributed by atoms with Gasteiger partial charge in [0.25, 0.3) is 0 Å². The van der Waals surface area contributed by atoms with E-state index in [1.54, 1.807) is 24.3 Å².